The molecule has 0 spiro atoms. The maximum absolute atomic E-state index is 14.2. The molecule has 0 aromatic heterocycles. The van der Waals surface area contributed by atoms with Gasteiger partial charge in [0.1, 0.15) is 12.5 Å². The summed E-state index contributed by atoms with van der Waals surface area (Å²) in [4.78, 5) is 4.54. The summed E-state index contributed by atoms with van der Waals surface area (Å²) in [6, 6.07) is 6.54. The SMILES string of the molecule is NC1=N[C@@]2(c3ccccc3F)C[C@H](CF)OC[C@H]2CS1. The highest BCUT2D eigenvalue weighted by Gasteiger charge is 2.49. The van der Waals surface area contributed by atoms with Crippen molar-refractivity contribution in [3.63, 3.8) is 0 Å². The molecule has 3 atom stereocenters. The number of aliphatic imine (C=N–C) groups is 1. The van der Waals surface area contributed by atoms with Crippen molar-refractivity contribution in [2.24, 2.45) is 16.6 Å². The van der Waals surface area contributed by atoms with Gasteiger partial charge in [0.05, 0.1) is 18.2 Å². The number of nitrogens with two attached hydrogens (primary N) is 1. The average molecular weight is 298 g/mol. The Labute approximate surface area is 120 Å². The van der Waals surface area contributed by atoms with Gasteiger partial charge in [-0.25, -0.2) is 8.78 Å². The van der Waals surface area contributed by atoms with E-state index in [0.717, 1.165) is 0 Å². The van der Waals surface area contributed by atoms with E-state index in [1.807, 2.05) is 0 Å². The van der Waals surface area contributed by atoms with Crippen LogP contribution >= 0.6 is 11.8 Å². The molecule has 0 aliphatic carbocycles. The first-order valence-electron chi connectivity index (χ1n) is 6.56. The molecule has 3 rings (SSSR count). The molecule has 0 saturated carbocycles. The lowest BCUT2D eigenvalue weighted by Crippen LogP contribution is -2.50. The number of fused-ring (bicyclic) bond motifs is 1. The molecule has 1 fully saturated rings. The molecule has 2 N–H and O–H groups in total. The Balaban J connectivity index is 2.11. The molecule has 2 heterocycles. The van der Waals surface area contributed by atoms with Crippen LogP contribution in [0.4, 0.5) is 8.78 Å². The second-order valence-corrected chi connectivity index (χ2v) is 6.22. The van der Waals surface area contributed by atoms with Crippen LogP contribution in [-0.4, -0.2) is 30.3 Å². The number of nitrogens with zero attached hydrogens (tertiary/aromatic N) is 1. The Kier molecular flexibility index (Phi) is 3.69. The van der Waals surface area contributed by atoms with Crippen molar-refractivity contribution >= 4 is 16.9 Å². The highest BCUT2D eigenvalue weighted by Crippen LogP contribution is 2.47. The molecule has 0 unspecified atom stereocenters. The number of benzene rings is 1. The number of hydrogen-bond donors (Lipinski definition) is 1. The predicted octanol–water partition coefficient (Wildman–Crippen LogP) is 2.46. The first kappa shape index (κ1) is 13.8. The van der Waals surface area contributed by atoms with Crippen LogP contribution in [-0.2, 0) is 10.3 Å². The van der Waals surface area contributed by atoms with Crippen molar-refractivity contribution in [2.75, 3.05) is 19.0 Å². The Bertz CT molecular complexity index is 540. The van der Waals surface area contributed by atoms with Crippen molar-refractivity contribution in [3.8, 4) is 0 Å². The summed E-state index contributed by atoms with van der Waals surface area (Å²) in [5.74, 6) is 0.405. The van der Waals surface area contributed by atoms with Gasteiger partial charge in [-0.2, -0.15) is 0 Å². The Morgan fingerprint density at radius 1 is 1.45 bits per heavy atom. The summed E-state index contributed by atoms with van der Waals surface area (Å²) in [6.45, 7) is -0.210. The summed E-state index contributed by atoms with van der Waals surface area (Å²) in [6.07, 6.45) is -0.221. The van der Waals surface area contributed by atoms with Crippen LogP contribution in [0.3, 0.4) is 0 Å². The van der Waals surface area contributed by atoms with E-state index in [1.165, 1.54) is 17.8 Å². The van der Waals surface area contributed by atoms with Crippen molar-refractivity contribution in [1.82, 2.24) is 0 Å². The number of thioether (sulfide) groups is 1. The summed E-state index contributed by atoms with van der Waals surface area (Å²) >= 11 is 1.44. The molecule has 3 nitrogen and oxygen atoms in total. The van der Waals surface area contributed by atoms with Gasteiger partial charge in [-0.3, -0.25) is 4.99 Å². The Hall–Kier alpha value is -1.14. The third-order valence-corrected chi connectivity index (χ3v) is 4.96. The molecule has 1 aromatic carbocycles. The predicted molar refractivity (Wildman–Crippen MR) is 76.0 cm³/mol. The van der Waals surface area contributed by atoms with E-state index in [-0.39, 0.29) is 11.7 Å². The zero-order chi connectivity index (χ0) is 14.2. The number of alkyl halides is 1. The minimum atomic E-state index is -0.796. The van der Waals surface area contributed by atoms with Gasteiger partial charge >= 0.3 is 0 Å². The molecule has 1 saturated heterocycles. The van der Waals surface area contributed by atoms with Crippen LogP contribution in [0.5, 0.6) is 0 Å². The van der Waals surface area contributed by atoms with Crippen LogP contribution in [0.15, 0.2) is 29.3 Å². The van der Waals surface area contributed by atoms with Crippen LogP contribution in [0.2, 0.25) is 0 Å². The topological polar surface area (TPSA) is 47.6 Å². The molecule has 2 aliphatic rings. The number of rotatable bonds is 2. The van der Waals surface area contributed by atoms with Gasteiger partial charge in [-0.15, -0.1) is 0 Å². The molecule has 108 valence electrons. The number of amidine groups is 1. The molecule has 0 bridgehead atoms. The Morgan fingerprint density at radius 3 is 3.00 bits per heavy atom. The molecule has 20 heavy (non-hydrogen) atoms. The van der Waals surface area contributed by atoms with E-state index in [1.54, 1.807) is 18.2 Å². The molecule has 6 heteroatoms. The van der Waals surface area contributed by atoms with Gasteiger partial charge in [-0.1, -0.05) is 30.0 Å². The van der Waals surface area contributed by atoms with Crippen LogP contribution < -0.4 is 5.73 Å². The van der Waals surface area contributed by atoms with Gasteiger partial charge in [0.2, 0.25) is 0 Å². The maximum atomic E-state index is 14.2. The van der Waals surface area contributed by atoms with Crippen LogP contribution in [0.1, 0.15) is 12.0 Å². The van der Waals surface area contributed by atoms with Crippen molar-refractivity contribution in [2.45, 2.75) is 18.1 Å². The Morgan fingerprint density at radius 2 is 2.25 bits per heavy atom. The first-order valence-corrected chi connectivity index (χ1v) is 7.55. The standard InChI is InChI=1S/C14H16F2N2OS/c15-6-10-5-14(11-3-1-2-4-12(11)16)9(7-19-10)8-20-13(17)18-14/h1-4,9-10H,5-8H2,(H2,17,18)/t9-,10+,14-/m0/s1. The fraction of sp³-hybridized carbons (Fsp3) is 0.500. The van der Waals surface area contributed by atoms with Crippen molar-refractivity contribution < 1.29 is 13.5 Å². The average Bonchev–Trinajstić information content (AvgIpc) is 2.46. The third kappa shape index (κ3) is 2.20. The molecular formula is C14H16F2N2OS. The summed E-state index contributed by atoms with van der Waals surface area (Å²) in [5.41, 5.74) is 5.56. The quantitative estimate of drug-likeness (QED) is 0.912. The van der Waals surface area contributed by atoms with E-state index in [4.69, 9.17) is 10.5 Å². The smallest absolute Gasteiger partial charge is 0.154 e. The molecular weight excluding hydrogens is 282 g/mol. The molecule has 0 amide bonds. The highest BCUT2D eigenvalue weighted by molar-refractivity contribution is 8.13. The second-order valence-electron chi connectivity index (χ2n) is 5.18. The minimum absolute atomic E-state index is 0.0134. The summed E-state index contributed by atoms with van der Waals surface area (Å²) in [5, 5.41) is 0.434. The van der Waals surface area contributed by atoms with Gasteiger partial charge in [0.15, 0.2) is 5.17 Å². The fourth-order valence-corrected chi connectivity index (χ4v) is 3.97. The molecule has 0 radical (unpaired) electrons. The highest BCUT2D eigenvalue weighted by atomic mass is 32.2. The lowest BCUT2D eigenvalue weighted by atomic mass is 9.74. The largest absolute Gasteiger partial charge is 0.379 e. The van der Waals surface area contributed by atoms with Gasteiger partial charge in [-0.05, 0) is 6.07 Å². The van der Waals surface area contributed by atoms with E-state index >= 15 is 0 Å². The van der Waals surface area contributed by atoms with Gasteiger partial charge in [0, 0.05) is 23.7 Å². The summed E-state index contributed by atoms with van der Waals surface area (Å²) < 4.78 is 32.8. The van der Waals surface area contributed by atoms with Gasteiger partial charge < -0.3 is 10.5 Å². The monoisotopic (exact) mass is 298 g/mol. The third-order valence-electron chi connectivity index (χ3n) is 4.00. The molecule has 1 aromatic rings. The number of halogens is 2. The van der Waals surface area contributed by atoms with E-state index < -0.39 is 18.3 Å². The zero-order valence-electron chi connectivity index (χ0n) is 10.9. The van der Waals surface area contributed by atoms with Crippen LogP contribution in [0.25, 0.3) is 0 Å². The lowest BCUT2D eigenvalue weighted by Gasteiger charge is -2.46. The van der Waals surface area contributed by atoms with Gasteiger partial charge in [0.25, 0.3) is 0 Å². The number of ether oxygens (including phenoxy) is 1. The number of hydrogen-bond acceptors (Lipinski definition) is 4. The lowest BCUT2D eigenvalue weighted by molar-refractivity contribution is -0.0620. The van der Waals surface area contributed by atoms with Crippen molar-refractivity contribution in [3.05, 3.63) is 35.6 Å². The second kappa shape index (κ2) is 5.33. The minimum Gasteiger partial charge on any atom is -0.379 e. The fourth-order valence-electron chi connectivity index (χ4n) is 3.00. The van der Waals surface area contributed by atoms with E-state index in [2.05, 4.69) is 4.99 Å². The maximum Gasteiger partial charge on any atom is 0.154 e. The van der Waals surface area contributed by atoms with Crippen LogP contribution in [0, 0.1) is 11.7 Å². The van der Waals surface area contributed by atoms with E-state index in [9.17, 15) is 8.78 Å². The molecule has 2 aliphatic heterocycles. The van der Waals surface area contributed by atoms with Crippen molar-refractivity contribution in [1.29, 1.82) is 0 Å². The summed E-state index contributed by atoms with van der Waals surface area (Å²) in [7, 11) is 0. The van der Waals surface area contributed by atoms with E-state index in [0.29, 0.717) is 29.5 Å². The normalized spacial score (nSPS) is 33.4. The zero-order valence-corrected chi connectivity index (χ0v) is 11.7. The first-order chi connectivity index (χ1) is 9.65.